The fourth-order valence-electron chi connectivity index (χ4n) is 3.15. The van der Waals surface area contributed by atoms with Crippen molar-refractivity contribution < 1.29 is 18.8 Å². The highest BCUT2D eigenvalue weighted by atomic mass is 19.1. The molecule has 0 aliphatic carbocycles. The topological polar surface area (TPSA) is 66.5 Å². The van der Waals surface area contributed by atoms with Crippen LogP contribution in [0.4, 0.5) is 15.8 Å². The van der Waals surface area contributed by atoms with Gasteiger partial charge in [-0.05, 0) is 61.0 Å². The molecule has 3 aromatic carbocycles. The number of amides is 3. The summed E-state index contributed by atoms with van der Waals surface area (Å²) in [4.78, 5) is 39.2. The second kappa shape index (κ2) is 6.74. The van der Waals surface area contributed by atoms with E-state index in [-0.39, 0.29) is 16.7 Å². The van der Waals surface area contributed by atoms with Crippen molar-refractivity contribution >= 4 is 29.1 Å². The van der Waals surface area contributed by atoms with Gasteiger partial charge in [-0.15, -0.1) is 0 Å². The van der Waals surface area contributed by atoms with Gasteiger partial charge in [-0.3, -0.25) is 14.4 Å². The van der Waals surface area contributed by atoms with Gasteiger partial charge in [0.05, 0.1) is 16.8 Å². The average Bonchev–Trinajstić information content (AvgIpc) is 2.94. The Kier molecular flexibility index (Phi) is 4.24. The Labute approximate surface area is 160 Å². The van der Waals surface area contributed by atoms with E-state index in [9.17, 15) is 18.8 Å². The van der Waals surface area contributed by atoms with Crippen LogP contribution in [-0.4, -0.2) is 17.7 Å². The van der Waals surface area contributed by atoms with E-state index < -0.39 is 23.5 Å². The molecule has 28 heavy (non-hydrogen) atoms. The van der Waals surface area contributed by atoms with Crippen LogP contribution in [0, 0.1) is 12.7 Å². The number of fused-ring (bicyclic) bond motifs is 1. The molecule has 3 aromatic rings. The van der Waals surface area contributed by atoms with E-state index in [1.54, 1.807) is 12.1 Å². The van der Waals surface area contributed by atoms with Gasteiger partial charge in [0.25, 0.3) is 17.7 Å². The molecule has 0 aromatic heterocycles. The van der Waals surface area contributed by atoms with Crippen molar-refractivity contribution in [3.05, 3.63) is 94.8 Å². The smallest absolute Gasteiger partial charge is 0.266 e. The van der Waals surface area contributed by atoms with E-state index in [0.717, 1.165) is 10.5 Å². The molecule has 0 unspecified atom stereocenters. The third-order valence-electron chi connectivity index (χ3n) is 4.61. The molecule has 4 rings (SSSR count). The third-order valence-corrected chi connectivity index (χ3v) is 4.61. The summed E-state index contributed by atoms with van der Waals surface area (Å²) in [5, 5.41) is 2.64. The second-order valence-electron chi connectivity index (χ2n) is 6.45. The third kappa shape index (κ3) is 2.95. The van der Waals surface area contributed by atoms with Crippen LogP contribution < -0.4 is 10.2 Å². The monoisotopic (exact) mass is 374 g/mol. The van der Waals surface area contributed by atoms with Crippen LogP contribution in [0.15, 0.2) is 66.7 Å². The lowest BCUT2D eigenvalue weighted by atomic mass is 10.1. The molecule has 0 saturated heterocycles. The minimum absolute atomic E-state index is 0.181. The molecule has 0 saturated carbocycles. The molecular formula is C22H15FN2O3. The molecule has 0 bridgehead atoms. The first-order valence-corrected chi connectivity index (χ1v) is 8.61. The number of hydrogen-bond acceptors (Lipinski definition) is 3. The van der Waals surface area contributed by atoms with Gasteiger partial charge < -0.3 is 5.32 Å². The highest BCUT2D eigenvalue weighted by Crippen LogP contribution is 2.31. The lowest BCUT2D eigenvalue weighted by Gasteiger charge is -2.16. The standard InChI is InChI=1S/C22H15FN2O3/c1-13-4-2-3-5-19(13)25-21(27)17-11-6-14(12-18(17)22(25)28)20(26)24-16-9-7-15(23)8-10-16/h2-12H,1H3,(H,24,26). The summed E-state index contributed by atoms with van der Waals surface area (Å²) in [6, 6.07) is 16.8. The lowest BCUT2D eigenvalue weighted by Crippen LogP contribution is -2.29. The van der Waals surface area contributed by atoms with Crippen molar-refractivity contribution in [2.45, 2.75) is 6.92 Å². The van der Waals surface area contributed by atoms with Crippen LogP contribution in [0.1, 0.15) is 36.6 Å². The maximum absolute atomic E-state index is 13.0. The number of imide groups is 1. The number of aryl methyl sites for hydroxylation is 1. The largest absolute Gasteiger partial charge is 0.322 e. The van der Waals surface area contributed by atoms with Gasteiger partial charge in [0.2, 0.25) is 0 Å². The van der Waals surface area contributed by atoms with Crippen LogP contribution in [0.25, 0.3) is 0 Å². The van der Waals surface area contributed by atoms with Crippen molar-refractivity contribution in [3.8, 4) is 0 Å². The van der Waals surface area contributed by atoms with Gasteiger partial charge in [0, 0.05) is 11.3 Å². The van der Waals surface area contributed by atoms with Crippen molar-refractivity contribution in [3.63, 3.8) is 0 Å². The number of carbonyl (C=O) groups excluding carboxylic acids is 3. The van der Waals surface area contributed by atoms with Crippen LogP contribution in [0.2, 0.25) is 0 Å². The maximum Gasteiger partial charge on any atom is 0.266 e. The van der Waals surface area contributed by atoms with E-state index >= 15 is 0 Å². The van der Waals surface area contributed by atoms with Gasteiger partial charge in [0.15, 0.2) is 0 Å². The molecule has 3 amide bonds. The summed E-state index contributed by atoms with van der Waals surface area (Å²) in [5.41, 5.74) is 2.41. The predicted molar refractivity (Wildman–Crippen MR) is 103 cm³/mol. The SMILES string of the molecule is Cc1ccccc1N1C(=O)c2ccc(C(=O)Nc3ccc(F)cc3)cc2C1=O. The maximum atomic E-state index is 13.0. The molecular weight excluding hydrogens is 359 g/mol. The van der Waals surface area contributed by atoms with Crippen LogP contribution >= 0.6 is 0 Å². The Morgan fingerprint density at radius 1 is 0.893 bits per heavy atom. The molecule has 0 atom stereocenters. The molecule has 1 N–H and O–H groups in total. The van der Waals surface area contributed by atoms with E-state index in [4.69, 9.17) is 0 Å². The molecule has 5 nitrogen and oxygen atoms in total. The normalized spacial score (nSPS) is 12.9. The van der Waals surface area contributed by atoms with Gasteiger partial charge in [-0.2, -0.15) is 0 Å². The van der Waals surface area contributed by atoms with Gasteiger partial charge in [-0.1, -0.05) is 18.2 Å². The summed E-state index contributed by atoms with van der Waals surface area (Å²) in [5.74, 6) is -1.74. The minimum atomic E-state index is -0.467. The highest BCUT2D eigenvalue weighted by molar-refractivity contribution is 6.35. The van der Waals surface area contributed by atoms with Gasteiger partial charge in [0.1, 0.15) is 5.82 Å². The number of rotatable bonds is 3. The first-order chi connectivity index (χ1) is 13.5. The summed E-state index contributed by atoms with van der Waals surface area (Å²) in [6.07, 6.45) is 0. The van der Waals surface area contributed by atoms with E-state index in [0.29, 0.717) is 11.4 Å². The highest BCUT2D eigenvalue weighted by Gasteiger charge is 2.37. The van der Waals surface area contributed by atoms with Crippen LogP contribution in [0.3, 0.4) is 0 Å². The van der Waals surface area contributed by atoms with Crippen LogP contribution in [-0.2, 0) is 0 Å². The van der Waals surface area contributed by atoms with E-state index in [2.05, 4.69) is 5.32 Å². The number of nitrogens with zero attached hydrogens (tertiary/aromatic N) is 1. The van der Waals surface area contributed by atoms with Gasteiger partial charge in [-0.25, -0.2) is 9.29 Å². The fraction of sp³-hybridized carbons (Fsp3) is 0.0455. The Balaban J connectivity index is 1.64. The molecule has 1 heterocycles. The van der Waals surface area contributed by atoms with Gasteiger partial charge >= 0.3 is 0 Å². The minimum Gasteiger partial charge on any atom is -0.322 e. The zero-order chi connectivity index (χ0) is 19.8. The number of nitrogens with one attached hydrogen (secondary N) is 1. The number of para-hydroxylation sites is 1. The zero-order valence-corrected chi connectivity index (χ0v) is 14.9. The predicted octanol–water partition coefficient (Wildman–Crippen LogP) is 4.19. The molecule has 138 valence electrons. The molecule has 0 fully saturated rings. The Hall–Kier alpha value is -3.80. The van der Waals surface area contributed by atoms with Crippen molar-refractivity contribution in [2.75, 3.05) is 10.2 Å². The summed E-state index contributed by atoms with van der Waals surface area (Å²) < 4.78 is 13.0. The molecule has 0 radical (unpaired) electrons. The first-order valence-electron chi connectivity index (χ1n) is 8.61. The number of halogens is 1. The molecule has 6 heteroatoms. The van der Waals surface area contributed by atoms with Crippen molar-refractivity contribution in [1.82, 2.24) is 0 Å². The summed E-state index contributed by atoms with van der Waals surface area (Å²) in [7, 11) is 0. The second-order valence-corrected chi connectivity index (χ2v) is 6.45. The van der Waals surface area contributed by atoms with E-state index in [1.165, 1.54) is 42.5 Å². The number of anilines is 2. The number of benzene rings is 3. The average molecular weight is 374 g/mol. The zero-order valence-electron chi connectivity index (χ0n) is 14.9. The molecule has 0 spiro atoms. The van der Waals surface area contributed by atoms with E-state index in [1.807, 2.05) is 19.1 Å². The first kappa shape index (κ1) is 17.6. The number of hydrogen-bond donors (Lipinski definition) is 1. The summed E-state index contributed by atoms with van der Waals surface area (Å²) >= 11 is 0. The Morgan fingerprint density at radius 3 is 2.29 bits per heavy atom. The molecule has 1 aliphatic rings. The van der Waals surface area contributed by atoms with Crippen molar-refractivity contribution in [2.24, 2.45) is 0 Å². The quantitative estimate of drug-likeness (QED) is 0.699. The molecule has 1 aliphatic heterocycles. The van der Waals surface area contributed by atoms with Crippen LogP contribution in [0.5, 0.6) is 0 Å². The summed E-state index contributed by atoms with van der Waals surface area (Å²) in [6.45, 7) is 1.82. The Morgan fingerprint density at radius 2 is 1.57 bits per heavy atom. The number of carbonyl (C=O) groups is 3. The fourth-order valence-corrected chi connectivity index (χ4v) is 3.15. The lowest BCUT2D eigenvalue weighted by molar-refractivity contribution is 0.0925. The Bertz CT molecular complexity index is 1120. The van der Waals surface area contributed by atoms with Crippen molar-refractivity contribution in [1.29, 1.82) is 0 Å².